The van der Waals surface area contributed by atoms with Crippen molar-refractivity contribution in [3.8, 4) is 0 Å². The van der Waals surface area contributed by atoms with Crippen molar-refractivity contribution in [2.45, 2.75) is 44.2 Å². The SMILES string of the molecule is O=C1Cc2ccc(Nc3nc4cccc(NC5CCC(O)CC5)n4n3)cc2N1CCO. The standard InChI is InChI=1S/C22H26N6O3/c29-11-10-27-18-13-16(5-4-14(18)12-21(27)31)24-22-25-20-3-1-2-19(28(20)26-22)23-15-6-8-17(30)9-7-15/h1-5,13,15,17,23,29-30H,6-12H2,(H,24,26). The van der Waals surface area contributed by atoms with Crippen LogP contribution in [0.1, 0.15) is 31.2 Å². The monoisotopic (exact) mass is 422 g/mol. The molecule has 162 valence electrons. The van der Waals surface area contributed by atoms with Gasteiger partial charge < -0.3 is 25.7 Å². The molecule has 9 heteroatoms. The van der Waals surface area contributed by atoms with Gasteiger partial charge >= 0.3 is 0 Å². The molecule has 3 aromatic rings. The van der Waals surface area contributed by atoms with E-state index in [0.29, 0.717) is 18.4 Å². The Hall–Kier alpha value is -3.17. The number of hydrogen-bond donors (Lipinski definition) is 4. The molecule has 1 fully saturated rings. The second-order valence-electron chi connectivity index (χ2n) is 8.18. The maximum atomic E-state index is 12.2. The number of rotatable bonds is 6. The molecule has 1 saturated carbocycles. The molecule has 1 aromatic carbocycles. The van der Waals surface area contributed by atoms with Crippen LogP contribution in [-0.2, 0) is 11.2 Å². The maximum Gasteiger partial charge on any atom is 0.247 e. The molecule has 1 amide bonds. The van der Waals surface area contributed by atoms with Crippen LogP contribution in [0.4, 0.5) is 23.1 Å². The molecule has 1 aliphatic heterocycles. The minimum absolute atomic E-state index is 0.00185. The van der Waals surface area contributed by atoms with Crippen LogP contribution in [-0.4, -0.2) is 56.0 Å². The molecular weight excluding hydrogens is 396 g/mol. The van der Waals surface area contributed by atoms with Crippen LogP contribution in [0, 0.1) is 0 Å². The van der Waals surface area contributed by atoms with Crippen molar-refractivity contribution in [1.82, 2.24) is 14.6 Å². The van der Waals surface area contributed by atoms with Gasteiger partial charge in [0.15, 0.2) is 5.65 Å². The summed E-state index contributed by atoms with van der Waals surface area (Å²) in [5.41, 5.74) is 3.27. The maximum absolute atomic E-state index is 12.2. The number of aromatic nitrogens is 3. The van der Waals surface area contributed by atoms with Gasteiger partial charge in [0.1, 0.15) is 5.82 Å². The minimum atomic E-state index is -0.188. The fourth-order valence-corrected chi connectivity index (χ4v) is 4.41. The number of hydrogen-bond acceptors (Lipinski definition) is 7. The molecular formula is C22H26N6O3. The zero-order chi connectivity index (χ0) is 21.4. The Morgan fingerprint density at radius 2 is 1.97 bits per heavy atom. The van der Waals surface area contributed by atoms with E-state index in [1.165, 1.54) is 0 Å². The van der Waals surface area contributed by atoms with Crippen molar-refractivity contribution in [1.29, 1.82) is 0 Å². The summed E-state index contributed by atoms with van der Waals surface area (Å²) in [5.74, 6) is 1.33. The van der Waals surface area contributed by atoms with Crippen LogP contribution < -0.4 is 15.5 Å². The number of pyridine rings is 1. The summed E-state index contributed by atoms with van der Waals surface area (Å²) < 4.78 is 1.78. The minimum Gasteiger partial charge on any atom is -0.395 e. The van der Waals surface area contributed by atoms with E-state index in [1.807, 2.05) is 36.4 Å². The Morgan fingerprint density at radius 1 is 1.13 bits per heavy atom. The average molecular weight is 422 g/mol. The number of aliphatic hydroxyl groups excluding tert-OH is 2. The van der Waals surface area contributed by atoms with Crippen molar-refractivity contribution in [3.05, 3.63) is 42.0 Å². The zero-order valence-electron chi connectivity index (χ0n) is 17.2. The van der Waals surface area contributed by atoms with Gasteiger partial charge in [-0.3, -0.25) is 4.79 Å². The summed E-state index contributed by atoms with van der Waals surface area (Å²) >= 11 is 0. The molecule has 0 atom stereocenters. The number of anilines is 4. The van der Waals surface area contributed by atoms with Crippen molar-refractivity contribution in [3.63, 3.8) is 0 Å². The average Bonchev–Trinajstić information content (AvgIpc) is 3.31. The second kappa shape index (κ2) is 8.16. The van der Waals surface area contributed by atoms with Crippen molar-refractivity contribution in [2.24, 2.45) is 0 Å². The summed E-state index contributed by atoms with van der Waals surface area (Å²) in [4.78, 5) is 18.4. The molecule has 0 unspecified atom stereocenters. The van der Waals surface area contributed by atoms with Crippen LogP contribution in [0.15, 0.2) is 36.4 Å². The van der Waals surface area contributed by atoms with Gasteiger partial charge in [-0.05, 0) is 55.5 Å². The Kier molecular flexibility index (Phi) is 5.21. The smallest absolute Gasteiger partial charge is 0.247 e. The van der Waals surface area contributed by atoms with E-state index >= 15 is 0 Å². The fraction of sp³-hybridized carbons (Fsp3) is 0.409. The molecule has 9 nitrogen and oxygen atoms in total. The van der Waals surface area contributed by atoms with E-state index in [1.54, 1.807) is 9.42 Å². The number of carbonyl (C=O) groups excluding carboxylic acids is 1. The normalized spacial score (nSPS) is 20.8. The molecule has 2 aromatic heterocycles. The highest BCUT2D eigenvalue weighted by Crippen LogP contribution is 2.32. The van der Waals surface area contributed by atoms with E-state index < -0.39 is 0 Å². The first-order valence-electron chi connectivity index (χ1n) is 10.7. The number of β-amino-alcohol motifs (C(OH)–C–C–N with tert-alkyl or cyclic N) is 1. The molecule has 0 bridgehead atoms. The quantitative estimate of drug-likeness (QED) is 0.481. The third-order valence-electron chi connectivity index (χ3n) is 6.01. The third-order valence-corrected chi connectivity index (χ3v) is 6.01. The first-order chi connectivity index (χ1) is 15.1. The third kappa shape index (κ3) is 3.94. The molecule has 31 heavy (non-hydrogen) atoms. The highest BCUT2D eigenvalue weighted by molar-refractivity contribution is 6.02. The van der Waals surface area contributed by atoms with E-state index in [9.17, 15) is 15.0 Å². The number of nitrogens with zero attached hydrogens (tertiary/aromatic N) is 4. The molecule has 5 rings (SSSR count). The van der Waals surface area contributed by atoms with Gasteiger partial charge in [-0.2, -0.15) is 9.50 Å². The van der Waals surface area contributed by atoms with Gasteiger partial charge in [-0.15, -0.1) is 5.10 Å². The largest absolute Gasteiger partial charge is 0.395 e. The van der Waals surface area contributed by atoms with Crippen LogP contribution in [0.3, 0.4) is 0 Å². The first kappa shape index (κ1) is 19.8. The topological polar surface area (TPSA) is 115 Å². The van der Waals surface area contributed by atoms with E-state index in [-0.39, 0.29) is 25.2 Å². The van der Waals surface area contributed by atoms with E-state index in [2.05, 4.69) is 20.7 Å². The molecule has 3 heterocycles. The summed E-state index contributed by atoms with van der Waals surface area (Å²) in [7, 11) is 0. The van der Waals surface area contributed by atoms with E-state index in [4.69, 9.17) is 0 Å². The molecule has 2 aliphatic rings. The van der Waals surface area contributed by atoms with Crippen LogP contribution in [0.25, 0.3) is 5.65 Å². The molecule has 4 N–H and O–H groups in total. The van der Waals surface area contributed by atoms with E-state index in [0.717, 1.165) is 54.1 Å². The lowest BCUT2D eigenvalue weighted by Crippen LogP contribution is -2.29. The lowest BCUT2D eigenvalue weighted by Gasteiger charge is -2.26. The lowest BCUT2D eigenvalue weighted by atomic mass is 9.93. The molecule has 1 aliphatic carbocycles. The Bertz CT molecular complexity index is 1110. The molecule has 0 radical (unpaired) electrons. The highest BCUT2D eigenvalue weighted by Gasteiger charge is 2.27. The number of carbonyl (C=O) groups is 1. The van der Waals surface area contributed by atoms with Crippen LogP contribution >= 0.6 is 0 Å². The number of aliphatic hydroxyl groups is 2. The summed E-state index contributed by atoms with van der Waals surface area (Å²) in [6.07, 6.45) is 3.64. The summed E-state index contributed by atoms with van der Waals surface area (Å²) in [6.45, 7) is 0.210. The van der Waals surface area contributed by atoms with Gasteiger partial charge in [0.2, 0.25) is 11.9 Å². The Labute approximate surface area is 179 Å². The van der Waals surface area contributed by atoms with Gasteiger partial charge in [-0.1, -0.05) is 12.1 Å². The fourth-order valence-electron chi connectivity index (χ4n) is 4.41. The molecule has 0 spiro atoms. The lowest BCUT2D eigenvalue weighted by molar-refractivity contribution is -0.117. The first-order valence-corrected chi connectivity index (χ1v) is 10.7. The summed E-state index contributed by atoms with van der Waals surface area (Å²) in [5, 5.41) is 30.4. The number of nitrogens with one attached hydrogen (secondary N) is 2. The van der Waals surface area contributed by atoms with Crippen molar-refractivity contribution >= 4 is 34.7 Å². The number of amides is 1. The zero-order valence-corrected chi connectivity index (χ0v) is 17.2. The van der Waals surface area contributed by atoms with Gasteiger partial charge in [0, 0.05) is 24.0 Å². The van der Waals surface area contributed by atoms with Crippen LogP contribution in [0.2, 0.25) is 0 Å². The molecule has 0 saturated heterocycles. The van der Waals surface area contributed by atoms with Crippen LogP contribution in [0.5, 0.6) is 0 Å². The number of benzene rings is 1. The van der Waals surface area contributed by atoms with Crippen molar-refractivity contribution in [2.75, 3.05) is 28.7 Å². The predicted octanol–water partition coefficient (Wildman–Crippen LogP) is 2.07. The highest BCUT2D eigenvalue weighted by atomic mass is 16.3. The number of fused-ring (bicyclic) bond motifs is 2. The second-order valence-corrected chi connectivity index (χ2v) is 8.18. The van der Waals surface area contributed by atoms with Gasteiger partial charge in [0.25, 0.3) is 0 Å². The van der Waals surface area contributed by atoms with Crippen molar-refractivity contribution < 1.29 is 15.0 Å². The summed E-state index contributed by atoms with van der Waals surface area (Å²) in [6, 6.07) is 11.9. The van der Waals surface area contributed by atoms with Gasteiger partial charge in [-0.25, -0.2) is 0 Å². The Balaban J connectivity index is 1.37. The predicted molar refractivity (Wildman–Crippen MR) is 118 cm³/mol. The van der Waals surface area contributed by atoms with Gasteiger partial charge in [0.05, 0.1) is 19.1 Å². The Morgan fingerprint density at radius 3 is 2.77 bits per heavy atom.